The summed E-state index contributed by atoms with van der Waals surface area (Å²) in [6, 6.07) is 5.28. The zero-order valence-corrected chi connectivity index (χ0v) is 9.63. The van der Waals surface area contributed by atoms with Crippen LogP contribution in [0.2, 0.25) is 0 Å². The maximum absolute atomic E-state index is 13.1. The molecule has 1 aliphatic rings. The van der Waals surface area contributed by atoms with Gasteiger partial charge in [-0.05, 0) is 43.9 Å². The minimum atomic E-state index is -0.182. The number of anilines is 1. The van der Waals surface area contributed by atoms with Gasteiger partial charge in [0.25, 0.3) is 0 Å². The lowest BCUT2D eigenvalue weighted by Gasteiger charge is -2.18. The molecule has 3 heteroatoms. The zero-order chi connectivity index (χ0) is 11.4. The van der Waals surface area contributed by atoms with Crippen molar-refractivity contribution in [3.05, 3.63) is 29.6 Å². The lowest BCUT2D eigenvalue weighted by atomic mass is 10.1. The molecular weight excluding hydrogens is 205 g/mol. The van der Waals surface area contributed by atoms with Gasteiger partial charge in [-0.3, -0.25) is 0 Å². The molecule has 0 aromatic heterocycles. The van der Waals surface area contributed by atoms with Crippen LogP contribution in [0.4, 0.5) is 10.1 Å². The largest absolute Gasteiger partial charge is 0.382 e. The Balaban J connectivity index is 2.04. The quantitative estimate of drug-likeness (QED) is 0.831. The molecule has 1 fully saturated rings. The lowest BCUT2D eigenvalue weighted by molar-refractivity contribution is 0.144. The molecule has 0 saturated carbocycles. The van der Waals surface area contributed by atoms with E-state index in [-0.39, 0.29) is 5.82 Å². The van der Waals surface area contributed by atoms with Gasteiger partial charge in [-0.25, -0.2) is 4.39 Å². The minimum Gasteiger partial charge on any atom is -0.382 e. The Bertz CT molecular complexity index is 346. The highest BCUT2D eigenvalue weighted by molar-refractivity contribution is 5.51. The first kappa shape index (κ1) is 11.4. The highest BCUT2D eigenvalue weighted by atomic mass is 19.1. The van der Waals surface area contributed by atoms with Crippen molar-refractivity contribution in [3.63, 3.8) is 0 Å². The topological polar surface area (TPSA) is 21.3 Å². The van der Waals surface area contributed by atoms with Gasteiger partial charge in [-0.2, -0.15) is 0 Å². The second-order valence-electron chi connectivity index (χ2n) is 4.34. The molecule has 0 amide bonds. The number of ether oxygens (including phenoxy) is 1. The van der Waals surface area contributed by atoms with E-state index in [0.29, 0.717) is 6.04 Å². The Morgan fingerprint density at radius 2 is 2.19 bits per heavy atom. The molecule has 1 heterocycles. The summed E-state index contributed by atoms with van der Waals surface area (Å²) in [5, 5.41) is 3.41. The van der Waals surface area contributed by atoms with Crippen LogP contribution in [0.1, 0.15) is 24.8 Å². The van der Waals surface area contributed by atoms with Gasteiger partial charge < -0.3 is 10.1 Å². The van der Waals surface area contributed by atoms with Crippen molar-refractivity contribution in [2.75, 3.05) is 18.5 Å². The van der Waals surface area contributed by atoms with Gasteiger partial charge in [0.15, 0.2) is 0 Å². The van der Waals surface area contributed by atoms with Crippen LogP contribution in [0.5, 0.6) is 0 Å². The summed E-state index contributed by atoms with van der Waals surface area (Å²) >= 11 is 0. The number of aryl methyl sites for hydroxylation is 1. The number of rotatable bonds is 2. The van der Waals surface area contributed by atoms with E-state index in [2.05, 4.69) is 5.32 Å². The molecule has 16 heavy (non-hydrogen) atoms. The number of nitrogens with one attached hydrogen (secondary N) is 1. The molecule has 2 rings (SSSR count). The molecule has 1 aliphatic heterocycles. The minimum absolute atomic E-state index is 0.182. The molecule has 1 unspecified atom stereocenters. The highest BCUT2D eigenvalue weighted by Crippen LogP contribution is 2.20. The Kier molecular flexibility index (Phi) is 3.78. The number of benzene rings is 1. The molecule has 0 radical (unpaired) electrons. The molecule has 1 atom stereocenters. The summed E-state index contributed by atoms with van der Waals surface area (Å²) in [4.78, 5) is 0. The summed E-state index contributed by atoms with van der Waals surface area (Å²) in [5.74, 6) is -0.182. The molecule has 1 N–H and O–H groups in total. The molecule has 0 aliphatic carbocycles. The first-order valence-electron chi connectivity index (χ1n) is 5.86. The van der Waals surface area contributed by atoms with Crippen LogP contribution in [-0.2, 0) is 4.74 Å². The molecule has 1 aromatic rings. The number of halogens is 1. The summed E-state index contributed by atoms with van der Waals surface area (Å²) < 4.78 is 18.5. The summed E-state index contributed by atoms with van der Waals surface area (Å²) in [7, 11) is 0. The smallest absolute Gasteiger partial charge is 0.125 e. The maximum Gasteiger partial charge on any atom is 0.125 e. The van der Waals surface area contributed by atoms with Gasteiger partial charge in [0.1, 0.15) is 5.82 Å². The molecule has 1 aromatic carbocycles. The number of hydrogen-bond acceptors (Lipinski definition) is 2. The van der Waals surface area contributed by atoms with Crippen molar-refractivity contribution in [2.24, 2.45) is 0 Å². The first-order valence-corrected chi connectivity index (χ1v) is 5.86. The maximum atomic E-state index is 13.1. The average Bonchev–Trinajstić information content (AvgIpc) is 2.52. The predicted octanol–water partition coefficient (Wildman–Crippen LogP) is 3.12. The monoisotopic (exact) mass is 223 g/mol. The van der Waals surface area contributed by atoms with Crippen molar-refractivity contribution >= 4 is 5.69 Å². The third-order valence-electron chi connectivity index (χ3n) is 3.01. The van der Waals surface area contributed by atoms with E-state index >= 15 is 0 Å². The zero-order valence-electron chi connectivity index (χ0n) is 9.63. The molecule has 1 saturated heterocycles. The Morgan fingerprint density at radius 3 is 3.06 bits per heavy atom. The molecule has 0 bridgehead atoms. The van der Waals surface area contributed by atoms with Gasteiger partial charge >= 0.3 is 0 Å². The second-order valence-corrected chi connectivity index (χ2v) is 4.34. The van der Waals surface area contributed by atoms with E-state index in [4.69, 9.17) is 4.74 Å². The summed E-state index contributed by atoms with van der Waals surface area (Å²) in [5.41, 5.74) is 2.00. The van der Waals surface area contributed by atoms with Gasteiger partial charge in [-0.1, -0.05) is 6.07 Å². The lowest BCUT2D eigenvalue weighted by Crippen LogP contribution is -2.20. The normalized spacial score (nSPS) is 21.5. The van der Waals surface area contributed by atoms with Crippen LogP contribution >= 0.6 is 0 Å². The van der Waals surface area contributed by atoms with Crippen molar-refractivity contribution in [1.29, 1.82) is 0 Å². The molecule has 88 valence electrons. The van der Waals surface area contributed by atoms with Gasteiger partial charge in [0.2, 0.25) is 0 Å². The second kappa shape index (κ2) is 5.30. The molecular formula is C13H18FNO. The van der Waals surface area contributed by atoms with E-state index in [0.717, 1.165) is 43.7 Å². The van der Waals surface area contributed by atoms with Crippen LogP contribution in [0.25, 0.3) is 0 Å². The Labute approximate surface area is 95.8 Å². The van der Waals surface area contributed by atoms with E-state index in [1.807, 2.05) is 13.0 Å². The summed E-state index contributed by atoms with van der Waals surface area (Å²) in [6.07, 6.45) is 3.16. The highest BCUT2D eigenvalue weighted by Gasteiger charge is 2.13. The van der Waals surface area contributed by atoms with E-state index in [1.54, 1.807) is 6.07 Å². The number of hydrogen-bond donors (Lipinski definition) is 1. The van der Waals surface area contributed by atoms with Crippen molar-refractivity contribution in [2.45, 2.75) is 32.2 Å². The van der Waals surface area contributed by atoms with Crippen molar-refractivity contribution in [1.82, 2.24) is 0 Å². The van der Waals surface area contributed by atoms with Gasteiger partial charge in [0, 0.05) is 24.9 Å². The van der Waals surface area contributed by atoms with Gasteiger partial charge in [-0.15, -0.1) is 0 Å². The van der Waals surface area contributed by atoms with Crippen molar-refractivity contribution in [3.8, 4) is 0 Å². The average molecular weight is 223 g/mol. The van der Waals surface area contributed by atoms with Crippen LogP contribution in [0, 0.1) is 12.7 Å². The van der Waals surface area contributed by atoms with Crippen LogP contribution in [-0.4, -0.2) is 19.3 Å². The fraction of sp³-hybridized carbons (Fsp3) is 0.538. The van der Waals surface area contributed by atoms with E-state index < -0.39 is 0 Å². The van der Waals surface area contributed by atoms with E-state index in [9.17, 15) is 4.39 Å². The Hall–Kier alpha value is -1.09. The third-order valence-corrected chi connectivity index (χ3v) is 3.01. The standard InChI is InChI=1S/C13H18FNO/c1-10-4-5-11(14)9-13(10)15-12-3-2-7-16-8-6-12/h4-5,9,12,15H,2-3,6-8H2,1H3. The summed E-state index contributed by atoms with van der Waals surface area (Å²) in [6.45, 7) is 3.64. The third kappa shape index (κ3) is 2.95. The first-order chi connectivity index (χ1) is 7.75. The predicted molar refractivity (Wildman–Crippen MR) is 63.2 cm³/mol. The van der Waals surface area contributed by atoms with Crippen LogP contribution in [0.3, 0.4) is 0 Å². The van der Waals surface area contributed by atoms with Crippen molar-refractivity contribution < 1.29 is 9.13 Å². The van der Waals surface area contributed by atoms with Crippen LogP contribution in [0.15, 0.2) is 18.2 Å². The molecule has 2 nitrogen and oxygen atoms in total. The fourth-order valence-corrected chi connectivity index (χ4v) is 2.02. The van der Waals surface area contributed by atoms with Crippen LogP contribution < -0.4 is 5.32 Å². The van der Waals surface area contributed by atoms with Gasteiger partial charge in [0.05, 0.1) is 0 Å². The molecule has 0 spiro atoms. The SMILES string of the molecule is Cc1ccc(F)cc1NC1CCCOCC1. The fourth-order valence-electron chi connectivity index (χ4n) is 2.02. The Morgan fingerprint density at radius 1 is 1.31 bits per heavy atom. The van der Waals surface area contributed by atoms with E-state index in [1.165, 1.54) is 6.07 Å².